The van der Waals surface area contributed by atoms with Gasteiger partial charge in [0.2, 0.25) is 0 Å². The van der Waals surface area contributed by atoms with Crippen molar-refractivity contribution in [3.8, 4) is 0 Å². The van der Waals surface area contributed by atoms with Crippen molar-refractivity contribution >= 4 is 0 Å². The zero-order chi connectivity index (χ0) is 8.55. The van der Waals surface area contributed by atoms with Gasteiger partial charge in [-0.25, -0.2) is 0 Å². The predicted octanol–water partition coefficient (Wildman–Crippen LogP) is 1.40. The van der Waals surface area contributed by atoms with E-state index in [1.807, 2.05) is 0 Å². The molecule has 0 radical (unpaired) electrons. The molecule has 0 aromatic carbocycles. The molecule has 2 fully saturated rings. The van der Waals surface area contributed by atoms with Gasteiger partial charge in [-0.2, -0.15) is 0 Å². The molecule has 0 bridgehead atoms. The first-order chi connectivity index (χ1) is 5.83. The van der Waals surface area contributed by atoms with Crippen LogP contribution in [0, 0.1) is 17.8 Å². The van der Waals surface area contributed by atoms with Crippen molar-refractivity contribution in [1.82, 2.24) is 0 Å². The second-order valence-electron chi connectivity index (χ2n) is 4.35. The Hall–Kier alpha value is -0.0800. The number of rotatable bonds is 1. The summed E-state index contributed by atoms with van der Waals surface area (Å²) in [4.78, 5) is 0. The third-order valence-corrected chi connectivity index (χ3v) is 3.57. The average Bonchev–Trinajstić information content (AvgIpc) is 2.48. The smallest absolute Gasteiger partial charge is 0.0609 e. The van der Waals surface area contributed by atoms with Gasteiger partial charge in [0, 0.05) is 6.61 Å². The van der Waals surface area contributed by atoms with E-state index < -0.39 is 0 Å². The largest absolute Gasteiger partial charge is 0.378 e. The van der Waals surface area contributed by atoms with Crippen LogP contribution in [0.4, 0.5) is 0 Å². The van der Waals surface area contributed by atoms with E-state index in [4.69, 9.17) is 10.5 Å². The van der Waals surface area contributed by atoms with Crippen LogP contribution in [0.15, 0.2) is 0 Å². The topological polar surface area (TPSA) is 35.2 Å². The van der Waals surface area contributed by atoms with E-state index in [0.29, 0.717) is 6.10 Å². The molecule has 0 aromatic rings. The molecule has 0 amide bonds. The molecule has 70 valence electrons. The highest BCUT2D eigenvalue weighted by Gasteiger charge is 2.41. The monoisotopic (exact) mass is 169 g/mol. The maximum absolute atomic E-state index is 5.77. The summed E-state index contributed by atoms with van der Waals surface area (Å²) in [5, 5.41) is 0. The Morgan fingerprint density at radius 2 is 2.25 bits per heavy atom. The van der Waals surface area contributed by atoms with Crippen molar-refractivity contribution < 1.29 is 4.74 Å². The van der Waals surface area contributed by atoms with Crippen LogP contribution in [0.1, 0.15) is 26.2 Å². The fourth-order valence-electron chi connectivity index (χ4n) is 2.96. The van der Waals surface area contributed by atoms with Crippen LogP contribution in [0.2, 0.25) is 0 Å². The van der Waals surface area contributed by atoms with Crippen LogP contribution in [0.25, 0.3) is 0 Å². The lowest BCUT2D eigenvalue weighted by atomic mass is 9.73. The lowest BCUT2D eigenvalue weighted by molar-refractivity contribution is 0.0451. The van der Waals surface area contributed by atoms with Crippen molar-refractivity contribution in [3.63, 3.8) is 0 Å². The zero-order valence-corrected chi connectivity index (χ0v) is 7.83. The third kappa shape index (κ3) is 1.27. The SMILES string of the molecule is CC1COC2CCCC(CN)C12. The number of fused-ring (bicyclic) bond motifs is 1. The Bertz CT molecular complexity index is 158. The highest BCUT2D eigenvalue weighted by atomic mass is 16.5. The summed E-state index contributed by atoms with van der Waals surface area (Å²) >= 11 is 0. The quantitative estimate of drug-likeness (QED) is 0.644. The van der Waals surface area contributed by atoms with Gasteiger partial charge in [-0.15, -0.1) is 0 Å². The summed E-state index contributed by atoms with van der Waals surface area (Å²) in [6.07, 6.45) is 4.45. The van der Waals surface area contributed by atoms with Gasteiger partial charge in [0.25, 0.3) is 0 Å². The zero-order valence-electron chi connectivity index (χ0n) is 7.83. The van der Waals surface area contributed by atoms with Crippen LogP contribution in [0.5, 0.6) is 0 Å². The van der Waals surface area contributed by atoms with Crippen LogP contribution >= 0.6 is 0 Å². The van der Waals surface area contributed by atoms with Gasteiger partial charge in [0.15, 0.2) is 0 Å². The van der Waals surface area contributed by atoms with Gasteiger partial charge in [-0.05, 0) is 37.1 Å². The Labute approximate surface area is 74.5 Å². The molecule has 2 rings (SSSR count). The molecule has 1 aliphatic heterocycles. The molecule has 1 aliphatic carbocycles. The average molecular weight is 169 g/mol. The molecule has 2 aliphatic rings. The van der Waals surface area contributed by atoms with Crippen molar-refractivity contribution in [3.05, 3.63) is 0 Å². The summed E-state index contributed by atoms with van der Waals surface area (Å²) in [7, 11) is 0. The fourth-order valence-corrected chi connectivity index (χ4v) is 2.96. The van der Waals surface area contributed by atoms with Crippen LogP contribution in [-0.2, 0) is 4.74 Å². The molecule has 1 saturated heterocycles. The molecule has 1 heterocycles. The molecule has 4 unspecified atom stereocenters. The minimum Gasteiger partial charge on any atom is -0.378 e. The van der Waals surface area contributed by atoms with Gasteiger partial charge in [0.1, 0.15) is 0 Å². The van der Waals surface area contributed by atoms with Crippen LogP contribution in [-0.4, -0.2) is 19.3 Å². The highest BCUT2D eigenvalue weighted by molar-refractivity contribution is 4.90. The predicted molar refractivity (Wildman–Crippen MR) is 48.8 cm³/mol. The maximum Gasteiger partial charge on any atom is 0.0609 e. The van der Waals surface area contributed by atoms with E-state index in [-0.39, 0.29) is 0 Å². The standard InChI is InChI=1S/C10H19NO/c1-7-6-12-9-4-2-3-8(5-11)10(7)9/h7-10H,2-6,11H2,1H3. The first-order valence-electron chi connectivity index (χ1n) is 5.14. The summed E-state index contributed by atoms with van der Waals surface area (Å²) in [5.41, 5.74) is 5.77. The lowest BCUT2D eigenvalue weighted by Gasteiger charge is -2.33. The lowest BCUT2D eigenvalue weighted by Crippen LogP contribution is -2.36. The van der Waals surface area contributed by atoms with Crippen molar-refractivity contribution in [2.45, 2.75) is 32.3 Å². The molecular formula is C10H19NO. The van der Waals surface area contributed by atoms with Crippen molar-refractivity contribution in [2.75, 3.05) is 13.2 Å². The molecule has 2 N–H and O–H groups in total. The molecular weight excluding hydrogens is 150 g/mol. The molecule has 2 heteroatoms. The molecule has 0 aromatic heterocycles. The second kappa shape index (κ2) is 3.35. The normalized spacial score (nSPS) is 47.5. The van der Waals surface area contributed by atoms with Crippen LogP contribution in [0.3, 0.4) is 0 Å². The molecule has 12 heavy (non-hydrogen) atoms. The first-order valence-corrected chi connectivity index (χ1v) is 5.14. The number of hydrogen-bond donors (Lipinski definition) is 1. The van der Waals surface area contributed by atoms with Gasteiger partial charge >= 0.3 is 0 Å². The molecule has 1 saturated carbocycles. The summed E-state index contributed by atoms with van der Waals surface area (Å²) in [6.45, 7) is 4.12. The molecule has 4 atom stereocenters. The van der Waals surface area contributed by atoms with E-state index >= 15 is 0 Å². The Balaban J connectivity index is 2.07. The Morgan fingerprint density at radius 1 is 1.42 bits per heavy atom. The molecule has 0 spiro atoms. The number of nitrogens with two attached hydrogens (primary N) is 1. The van der Waals surface area contributed by atoms with E-state index in [2.05, 4.69) is 6.92 Å². The Morgan fingerprint density at radius 3 is 3.00 bits per heavy atom. The first kappa shape index (κ1) is 8.52. The number of hydrogen-bond acceptors (Lipinski definition) is 2. The van der Waals surface area contributed by atoms with Crippen LogP contribution < -0.4 is 5.73 Å². The molecule has 2 nitrogen and oxygen atoms in total. The van der Waals surface area contributed by atoms with Crippen molar-refractivity contribution in [2.24, 2.45) is 23.5 Å². The van der Waals surface area contributed by atoms with E-state index in [9.17, 15) is 0 Å². The van der Waals surface area contributed by atoms with Gasteiger partial charge in [-0.1, -0.05) is 13.3 Å². The van der Waals surface area contributed by atoms with Gasteiger partial charge in [0.05, 0.1) is 6.10 Å². The summed E-state index contributed by atoms with van der Waals surface area (Å²) in [5.74, 6) is 2.24. The van der Waals surface area contributed by atoms with Gasteiger partial charge in [-0.3, -0.25) is 0 Å². The minimum atomic E-state index is 0.544. The Kier molecular flexibility index (Phi) is 2.37. The fraction of sp³-hybridized carbons (Fsp3) is 1.00. The van der Waals surface area contributed by atoms with Crippen molar-refractivity contribution in [1.29, 1.82) is 0 Å². The maximum atomic E-state index is 5.77. The second-order valence-corrected chi connectivity index (χ2v) is 4.35. The van der Waals surface area contributed by atoms with E-state index in [1.165, 1.54) is 19.3 Å². The van der Waals surface area contributed by atoms with E-state index in [1.54, 1.807) is 0 Å². The van der Waals surface area contributed by atoms with Gasteiger partial charge < -0.3 is 10.5 Å². The highest BCUT2D eigenvalue weighted by Crippen LogP contribution is 2.41. The minimum absolute atomic E-state index is 0.544. The summed E-state index contributed by atoms with van der Waals surface area (Å²) in [6, 6.07) is 0. The summed E-state index contributed by atoms with van der Waals surface area (Å²) < 4.78 is 5.75. The third-order valence-electron chi connectivity index (χ3n) is 3.57. The number of ether oxygens (including phenoxy) is 1. The van der Waals surface area contributed by atoms with E-state index in [0.717, 1.165) is 30.9 Å².